The van der Waals surface area contributed by atoms with E-state index in [4.69, 9.17) is 0 Å². The fourth-order valence-corrected chi connectivity index (χ4v) is 1.82. The van der Waals surface area contributed by atoms with Crippen LogP contribution in [0.5, 0.6) is 0 Å². The van der Waals surface area contributed by atoms with E-state index in [1.54, 1.807) is 19.2 Å². The van der Waals surface area contributed by atoms with Crippen molar-refractivity contribution < 1.29 is 4.39 Å². The smallest absolute Gasteiger partial charge is 0.128 e. The molecule has 2 aromatic rings. The molecule has 90 valence electrons. The van der Waals surface area contributed by atoms with Gasteiger partial charge in [-0.1, -0.05) is 6.07 Å². The van der Waals surface area contributed by atoms with Gasteiger partial charge in [0.2, 0.25) is 0 Å². The monoisotopic (exact) mass is 233 g/mol. The third-order valence-electron chi connectivity index (χ3n) is 2.86. The molecule has 0 spiro atoms. The lowest BCUT2D eigenvalue weighted by molar-refractivity contribution is 0.618. The lowest BCUT2D eigenvalue weighted by atomic mass is 10.2. The Hall–Kier alpha value is -1.84. The maximum Gasteiger partial charge on any atom is 0.128 e. The number of aryl methyl sites for hydroxylation is 2. The Bertz CT molecular complexity index is 519. The summed E-state index contributed by atoms with van der Waals surface area (Å²) in [5.74, 6) is -0.188. The van der Waals surface area contributed by atoms with Crippen LogP contribution in [-0.2, 0) is 7.05 Å². The summed E-state index contributed by atoms with van der Waals surface area (Å²) in [4.78, 5) is 0. The van der Waals surface area contributed by atoms with Gasteiger partial charge in [-0.2, -0.15) is 5.10 Å². The van der Waals surface area contributed by atoms with Crippen molar-refractivity contribution in [1.29, 1.82) is 0 Å². The van der Waals surface area contributed by atoms with Gasteiger partial charge in [0, 0.05) is 18.9 Å². The summed E-state index contributed by atoms with van der Waals surface area (Å²) in [6.07, 6.45) is 1.75. The van der Waals surface area contributed by atoms with E-state index in [1.807, 2.05) is 30.8 Å². The van der Waals surface area contributed by atoms with Gasteiger partial charge in [0.05, 0.1) is 11.7 Å². The van der Waals surface area contributed by atoms with Crippen molar-refractivity contribution >= 4 is 5.69 Å². The number of nitrogens with one attached hydrogen (secondary N) is 1. The Kier molecular flexibility index (Phi) is 3.13. The first-order valence-corrected chi connectivity index (χ1v) is 5.58. The largest absolute Gasteiger partial charge is 0.377 e. The van der Waals surface area contributed by atoms with Gasteiger partial charge < -0.3 is 5.32 Å². The van der Waals surface area contributed by atoms with Gasteiger partial charge in [0.15, 0.2) is 0 Å². The summed E-state index contributed by atoms with van der Waals surface area (Å²) in [5.41, 5.74) is 2.50. The van der Waals surface area contributed by atoms with Gasteiger partial charge in [-0.15, -0.1) is 0 Å². The SMILES string of the molecule is Cc1ccc(NC(C)c2ccnn2C)cc1F. The fraction of sp³-hybridized carbons (Fsp3) is 0.308. The summed E-state index contributed by atoms with van der Waals surface area (Å²) in [6.45, 7) is 3.78. The van der Waals surface area contributed by atoms with Crippen LogP contribution < -0.4 is 5.32 Å². The molecule has 1 aromatic heterocycles. The molecule has 2 rings (SSSR count). The molecule has 0 aliphatic carbocycles. The van der Waals surface area contributed by atoms with Crippen LogP contribution in [0.25, 0.3) is 0 Å². The maximum atomic E-state index is 13.4. The number of halogens is 1. The van der Waals surface area contributed by atoms with Crippen LogP contribution in [0, 0.1) is 12.7 Å². The highest BCUT2D eigenvalue weighted by atomic mass is 19.1. The molecule has 1 heterocycles. The number of benzene rings is 1. The molecule has 0 radical (unpaired) electrons. The topological polar surface area (TPSA) is 29.9 Å². The van der Waals surface area contributed by atoms with E-state index in [2.05, 4.69) is 10.4 Å². The number of nitrogens with zero attached hydrogens (tertiary/aromatic N) is 2. The number of anilines is 1. The highest BCUT2D eigenvalue weighted by molar-refractivity contribution is 5.46. The highest BCUT2D eigenvalue weighted by Crippen LogP contribution is 2.20. The first-order valence-electron chi connectivity index (χ1n) is 5.58. The molecule has 1 atom stereocenters. The normalized spacial score (nSPS) is 12.5. The first kappa shape index (κ1) is 11.6. The summed E-state index contributed by atoms with van der Waals surface area (Å²) in [5, 5.41) is 7.37. The van der Waals surface area contributed by atoms with Crippen LogP contribution >= 0.6 is 0 Å². The van der Waals surface area contributed by atoms with Crippen molar-refractivity contribution in [2.24, 2.45) is 7.05 Å². The minimum absolute atomic E-state index is 0.0876. The second-order valence-electron chi connectivity index (χ2n) is 4.21. The minimum Gasteiger partial charge on any atom is -0.377 e. The van der Waals surface area contributed by atoms with Crippen LogP contribution in [0.3, 0.4) is 0 Å². The molecular weight excluding hydrogens is 217 g/mol. The van der Waals surface area contributed by atoms with Gasteiger partial charge in [0.1, 0.15) is 5.82 Å². The molecule has 0 saturated heterocycles. The molecule has 0 aliphatic heterocycles. The summed E-state index contributed by atoms with van der Waals surface area (Å²) in [6, 6.07) is 7.20. The highest BCUT2D eigenvalue weighted by Gasteiger charge is 2.09. The van der Waals surface area contributed by atoms with Crippen LogP contribution in [0.2, 0.25) is 0 Å². The quantitative estimate of drug-likeness (QED) is 0.883. The molecule has 3 nitrogen and oxygen atoms in total. The molecule has 4 heteroatoms. The first-order chi connectivity index (χ1) is 8.08. The fourth-order valence-electron chi connectivity index (χ4n) is 1.82. The molecule has 0 amide bonds. The Morgan fingerprint density at radius 2 is 2.12 bits per heavy atom. The Morgan fingerprint density at radius 3 is 2.71 bits per heavy atom. The molecule has 0 bridgehead atoms. The van der Waals surface area contributed by atoms with E-state index in [0.717, 1.165) is 11.4 Å². The van der Waals surface area contributed by atoms with E-state index in [0.29, 0.717) is 5.56 Å². The summed E-state index contributed by atoms with van der Waals surface area (Å²) < 4.78 is 15.2. The number of hydrogen-bond acceptors (Lipinski definition) is 2. The van der Waals surface area contributed by atoms with Gasteiger partial charge >= 0.3 is 0 Å². The molecule has 0 fully saturated rings. The van der Waals surface area contributed by atoms with Crippen LogP contribution in [0.1, 0.15) is 24.2 Å². The number of aromatic nitrogens is 2. The molecular formula is C13H16FN3. The van der Waals surface area contributed by atoms with Crippen LogP contribution in [-0.4, -0.2) is 9.78 Å². The summed E-state index contributed by atoms with van der Waals surface area (Å²) in [7, 11) is 1.89. The minimum atomic E-state index is -0.188. The third-order valence-corrected chi connectivity index (χ3v) is 2.86. The zero-order chi connectivity index (χ0) is 12.4. The molecule has 1 unspecified atom stereocenters. The van der Waals surface area contributed by atoms with E-state index in [1.165, 1.54) is 6.07 Å². The zero-order valence-electron chi connectivity index (χ0n) is 10.2. The third kappa shape index (κ3) is 2.46. The predicted molar refractivity (Wildman–Crippen MR) is 66.4 cm³/mol. The summed E-state index contributed by atoms with van der Waals surface area (Å²) >= 11 is 0. The lowest BCUT2D eigenvalue weighted by Crippen LogP contribution is -2.11. The van der Waals surface area contributed by atoms with E-state index in [9.17, 15) is 4.39 Å². The van der Waals surface area contributed by atoms with Crippen molar-refractivity contribution in [1.82, 2.24) is 9.78 Å². The van der Waals surface area contributed by atoms with E-state index in [-0.39, 0.29) is 11.9 Å². The zero-order valence-corrected chi connectivity index (χ0v) is 10.2. The Labute approximate surface area is 100 Å². The van der Waals surface area contributed by atoms with Crippen LogP contribution in [0.4, 0.5) is 10.1 Å². The number of hydrogen-bond donors (Lipinski definition) is 1. The number of rotatable bonds is 3. The van der Waals surface area contributed by atoms with E-state index >= 15 is 0 Å². The lowest BCUT2D eigenvalue weighted by Gasteiger charge is -2.15. The Morgan fingerprint density at radius 1 is 1.35 bits per heavy atom. The Balaban J connectivity index is 2.16. The van der Waals surface area contributed by atoms with Gasteiger partial charge in [-0.3, -0.25) is 4.68 Å². The van der Waals surface area contributed by atoms with E-state index < -0.39 is 0 Å². The molecule has 1 aromatic carbocycles. The van der Waals surface area contributed by atoms with Crippen molar-refractivity contribution in [3.8, 4) is 0 Å². The van der Waals surface area contributed by atoms with Gasteiger partial charge in [-0.25, -0.2) is 4.39 Å². The standard InChI is InChI=1S/C13H16FN3/c1-9-4-5-11(8-12(9)14)16-10(2)13-6-7-15-17(13)3/h4-8,10,16H,1-3H3. The second-order valence-corrected chi connectivity index (χ2v) is 4.21. The second kappa shape index (κ2) is 4.57. The average Bonchev–Trinajstić information content (AvgIpc) is 2.70. The maximum absolute atomic E-state index is 13.4. The predicted octanol–water partition coefficient (Wildman–Crippen LogP) is 3.04. The average molecular weight is 233 g/mol. The molecule has 0 saturated carbocycles. The molecule has 17 heavy (non-hydrogen) atoms. The van der Waals surface area contributed by atoms with Crippen molar-refractivity contribution in [2.45, 2.75) is 19.9 Å². The van der Waals surface area contributed by atoms with Crippen LogP contribution in [0.15, 0.2) is 30.5 Å². The van der Waals surface area contributed by atoms with Crippen molar-refractivity contribution in [2.75, 3.05) is 5.32 Å². The van der Waals surface area contributed by atoms with Crippen molar-refractivity contribution in [3.63, 3.8) is 0 Å². The van der Waals surface area contributed by atoms with Crippen molar-refractivity contribution in [3.05, 3.63) is 47.5 Å². The molecule has 1 N–H and O–H groups in total. The van der Waals surface area contributed by atoms with Gasteiger partial charge in [0.25, 0.3) is 0 Å². The molecule has 0 aliphatic rings. The van der Waals surface area contributed by atoms with Gasteiger partial charge in [-0.05, 0) is 37.6 Å².